The van der Waals surface area contributed by atoms with Gasteiger partial charge in [0.05, 0.1) is 17.5 Å². The first-order valence-corrected chi connectivity index (χ1v) is 8.58. The molecule has 5 N–H and O–H groups in total. The molecule has 0 spiro atoms. The number of aliphatic carboxylic acids is 1. The van der Waals surface area contributed by atoms with Gasteiger partial charge in [-0.25, -0.2) is 9.29 Å². The maximum Gasteiger partial charge on any atom is 0.321 e. The van der Waals surface area contributed by atoms with Gasteiger partial charge in [-0.2, -0.15) is 0 Å². The molecule has 0 aliphatic carbocycles. The maximum absolute atomic E-state index is 13.2. The molecule has 9 nitrogen and oxygen atoms in total. The number of imide groups is 1. The number of amides is 2. The second-order valence-corrected chi connectivity index (χ2v) is 6.87. The minimum Gasteiger partial charge on any atom is -0.504 e. The zero-order chi connectivity index (χ0) is 21.0. The number of carboxylic acid groups (broad SMARTS) is 1. The summed E-state index contributed by atoms with van der Waals surface area (Å²) in [5.74, 6) is -8.05. The molecule has 2 aliphatic heterocycles. The molecule has 0 aromatic heterocycles. The van der Waals surface area contributed by atoms with Gasteiger partial charge in [0, 0.05) is 11.6 Å². The minimum absolute atomic E-state index is 0.0406. The number of nitrogens with zero attached hydrogens (tertiary/aromatic N) is 1. The Morgan fingerprint density at radius 2 is 1.55 bits per heavy atom. The van der Waals surface area contributed by atoms with Crippen molar-refractivity contribution in [1.82, 2.24) is 5.32 Å². The van der Waals surface area contributed by atoms with E-state index in [1.54, 1.807) is 0 Å². The smallest absolute Gasteiger partial charge is 0.321 e. The van der Waals surface area contributed by atoms with Gasteiger partial charge in [0.15, 0.2) is 11.5 Å². The van der Waals surface area contributed by atoms with Crippen molar-refractivity contribution in [1.29, 1.82) is 0 Å². The lowest BCUT2D eigenvalue weighted by molar-refractivity contribution is -0.142. The van der Waals surface area contributed by atoms with Gasteiger partial charge in [-0.15, -0.1) is 0 Å². The molecule has 29 heavy (non-hydrogen) atoms. The van der Waals surface area contributed by atoms with E-state index in [1.807, 2.05) is 0 Å². The monoisotopic (exact) mass is 402 g/mol. The van der Waals surface area contributed by atoms with Crippen LogP contribution in [0, 0.1) is 17.7 Å². The fourth-order valence-corrected chi connectivity index (χ4v) is 4.00. The van der Waals surface area contributed by atoms with Gasteiger partial charge in [0.25, 0.3) is 0 Å². The molecule has 4 atom stereocenters. The molecule has 0 radical (unpaired) electrons. The number of carbonyl (C=O) groups excluding carboxylic acids is 2. The van der Waals surface area contributed by atoms with Gasteiger partial charge in [0.1, 0.15) is 11.9 Å². The Balaban J connectivity index is 1.81. The van der Waals surface area contributed by atoms with Crippen molar-refractivity contribution < 1.29 is 39.2 Å². The minimum atomic E-state index is -1.43. The Kier molecular flexibility index (Phi) is 4.16. The molecular weight excluding hydrogens is 387 g/mol. The second-order valence-electron chi connectivity index (χ2n) is 6.87. The van der Waals surface area contributed by atoms with E-state index < -0.39 is 64.8 Å². The highest BCUT2D eigenvalue weighted by molar-refractivity contribution is 6.23. The number of benzene rings is 2. The number of aromatic hydroxyl groups is 3. The Hall–Kier alpha value is -3.66. The van der Waals surface area contributed by atoms with Crippen LogP contribution in [-0.2, 0) is 14.4 Å². The molecule has 2 saturated heterocycles. The van der Waals surface area contributed by atoms with Crippen LogP contribution in [0.15, 0.2) is 36.4 Å². The highest BCUT2D eigenvalue weighted by Crippen LogP contribution is 2.49. The molecule has 2 aliphatic rings. The predicted octanol–water partition coefficient (Wildman–Crippen LogP) is 0.846. The molecule has 2 heterocycles. The number of hydrogen-bond acceptors (Lipinski definition) is 7. The van der Waals surface area contributed by atoms with Crippen molar-refractivity contribution in [3.05, 3.63) is 47.8 Å². The number of hydrogen-bond donors (Lipinski definition) is 5. The standard InChI is InChI=1S/C19H15FN2O7/c20-7-1-3-8(4-2-7)22-17(26)11-12(18(22)27)14(19(28)29)21-13(11)9-5-6-10(23)16(25)15(9)24/h1-6,11-14,21,23-25H,(H,28,29). The summed E-state index contributed by atoms with van der Waals surface area (Å²) in [6.45, 7) is 0. The Morgan fingerprint density at radius 3 is 2.17 bits per heavy atom. The van der Waals surface area contributed by atoms with Crippen LogP contribution in [0.1, 0.15) is 11.6 Å². The number of rotatable bonds is 3. The van der Waals surface area contributed by atoms with Crippen LogP contribution < -0.4 is 10.2 Å². The lowest BCUT2D eigenvalue weighted by Crippen LogP contribution is -2.43. The Bertz CT molecular complexity index is 1040. The summed E-state index contributed by atoms with van der Waals surface area (Å²) in [7, 11) is 0. The van der Waals surface area contributed by atoms with Gasteiger partial charge in [-0.05, 0) is 36.4 Å². The van der Waals surface area contributed by atoms with Crippen molar-refractivity contribution in [2.24, 2.45) is 11.8 Å². The number of carbonyl (C=O) groups is 3. The largest absolute Gasteiger partial charge is 0.504 e. The molecule has 150 valence electrons. The summed E-state index contributed by atoms with van der Waals surface area (Å²) < 4.78 is 13.2. The van der Waals surface area contributed by atoms with Gasteiger partial charge in [-0.1, -0.05) is 0 Å². The van der Waals surface area contributed by atoms with Crippen molar-refractivity contribution in [3.63, 3.8) is 0 Å². The van der Waals surface area contributed by atoms with Gasteiger partial charge >= 0.3 is 5.97 Å². The normalized spacial score (nSPS) is 26.0. The number of phenols is 3. The molecule has 2 fully saturated rings. The summed E-state index contributed by atoms with van der Waals surface area (Å²) in [4.78, 5) is 38.5. The van der Waals surface area contributed by atoms with Crippen molar-refractivity contribution >= 4 is 23.5 Å². The van der Waals surface area contributed by atoms with Crippen molar-refractivity contribution in [3.8, 4) is 17.2 Å². The summed E-state index contributed by atoms with van der Waals surface area (Å²) in [6, 6.07) is 4.35. The van der Waals surface area contributed by atoms with Crippen LogP contribution in [0.2, 0.25) is 0 Å². The van der Waals surface area contributed by atoms with Gasteiger partial charge < -0.3 is 20.4 Å². The zero-order valence-corrected chi connectivity index (χ0v) is 14.6. The molecule has 4 rings (SSSR count). The average Bonchev–Trinajstić information content (AvgIpc) is 3.19. The second kappa shape index (κ2) is 6.45. The molecule has 2 aromatic rings. The molecule has 4 unspecified atom stereocenters. The summed E-state index contributed by atoms with van der Waals surface area (Å²) in [5, 5.41) is 41.7. The summed E-state index contributed by atoms with van der Waals surface area (Å²) >= 11 is 0. The quantitative estimate of drug-likeness (QED) is 0.375. The van der Waals surface area contributed by atoms with Crippen LogP contribution in [0.25, 0.3) is 0 Å². The topological polar surface area (TPSA) is 147 Å². The lowest BCUT2D eigenvalue weighted by Gasteiger charge is -2.22. The fraction of sp³-hybridized carbons (Fsp3) is 0.211. The first-order valence-electron chi connectivity index (χ1n) is 8.58. The van der Waals surface area contributed by atoms with Crippen LogP contribution in [0.4, 0.5) is 10.1 Å². The highest BCUT2D eigenvalue weighted by Gasteiger charge is 2.61. The Labute approximate surface area is 162 Å². The van der Waals surface area contributed by atoms with E-state index in [0.717, 1.165) is 23.1 Å². The zero-order valence-electron chi connectivity index (χ0n) is 14.6. The summed E-state index contributed by atoms with van der Waals surface area (Å²) in [6.07, 6.45) is 0. The van der Waals surface area contributed by atoms with Crippen LogP contribution >= 0.6 is 0 Å². The number of phenolic OH excluding ortho intramolecular Hbond substituents is 3. The van der Waals surface area contributed by atoms with Crippen LogP contribution in [-0.4, -0.2) is 44.3 Å². The fourth-order valence-electron chi connectivity index (χ4n) is 4.00. The third kappa shape index (κ3) is 2.68. The molecular formula is C19H15FN2O7. The van der Waals surface area contributed by atoms with E-state index in [9.17, 15) is 39.2 Å². The Morgan fingerprint density at radius 1 is 0.931 bits per heavy atom. The highest BCUT2D eigenvalue weighted by atomic mass is 19.1. The number of nitrogens with one attached hydrogen (secondary N) is 1. The first kappa shape index (κ1) is 18.7. The van der Waals surface area contributed by atoms with E-state index in [0.29, 0.717) is 0 Å². The third-order valence-corrected chi connectivity index (χ3v) is 5.32. The van der Waals surface area contributed by atoms with Crippen molar-refractivity contribution in [2.75, 3.05) is 4.90 Å². The lowest BCUT2D eigenvalue weighted by atomic mass is 9.86. The maximum atomic E-state index is 13.2. The van der Waals surface area contributed by atoms with E-state index >= 15 is 0 Å². The molecule has 0 bridgehead atoms. The van der Waals surface area contributed by atoms with E-state index in [1.165, 1.54) is 18.2 Å². The van der Waals surface area contributed by atoms with E-state index in [-0.39, 0.29) is 11.3 Å². The number of carboxylic acids is 1. The first-order chi connectivity index (χ1) is 13.7. The van der Waals surface area contributed by atoms with Crippen LogP contribution in [0.3, 0.4) is 0 Å². The SMILES string of the molecule is O=C(O)C1NC(c2ccc(O)c(O)c2O)C2C(=O)N(c3ccc(F)cc3)C(=O)C12. The number of halogens is 1. The molecule has 2 aromatic carbocycles. The van der Waals surface area contributed by atoms with Crippen molar-refractivity contribution in [2.45, 2.75) is 12.1 Å². The number of fused-ring (bicyclic) bond motifs is 1. The predicted molar refractivity (Wildman–Crippen MR) is 94.6 cm³/mol. The third-order valence-electron chi connectivity index (χ3n) is 5.32. The van der Waals surface area contributed by atoms with E-state index in [4.69, 9.17) is 0 Å². The number of anilines is 1. The van der Waals surface area contributed by atoms with Gasteiger partial charge in [-0.3, -0.25) is 19.7 Å². The van der Waals surface area contributed by atoms with Gasteiger partial charge in [0.2, 0.25) is 17.6 Å². The van der Waals surface area contributed by atoms with Crippen LogP contribution in [0.5, 0.6) is 17.2 Å². The summed E-state index contributed by atoms with van der Waals surface area (Å²) in [5.41, 5.74) is 0.0534. The molecule has 2 amide bonds. The molecule has 10 heteroatoms. The van der Waals surface area contributed by atoms with E-state index in [2.05, 4.69) is 5.32 Å². The average molecular weight is 402 g/mol. The molecule has 0 saturated carbocycles.